The fourth-order valence-corrected chi connectivity index (χ4v) is 5.68. The number of carbonyl (C=O) groups is 2. The van der Waals surface area contributed by atoms with Crippen LogP contribution in [0.4, 0.5) is 0 Å². The number of esters is 1. The van der Waals surface area contributed by atoms with Gasteiger partial charge in [0.15, 0.2) is 0 Å². The molecule has 1 aliphatic carbocycles. The summed E-state index contributed by atoms with van der Waals surface area (Å²) in [4.78, 5) is 45.2. The third-order valence-electron chi connectivity index (χ3n) is 7.24. The number of nitrogens with one attached hydrogen (secondary N) is 1. The summed E-state index contributed by atoms with van der Waals surface area (Å²) in [5.74, 6) is -0.176. The second-order valence-corrected chi connectivity index (χ2v) is 9.08. The van der Waals surface area contributed by atoms with E-state index in [1.165, 1.54) is 6.07 Å². The highest BCUT2D eigenvalue weighted by Crippen LogP contribution is 2.48. The summed E-state index contributed by atoms with van der Waals surface area (Å²) < 4.78 is 11.0. The van der Waals surface area contributed by atoms with Crippen molar-refractivity contribution in [3.8, 4) is 0 Å². The Hall–Kier alpha value is -2.19. The second kappa shape index (κ2) is 9.12. The Morgan fingerprint density at radius 2 is 2.00 bits per heavy atom. The molecule has 8 heteroatoms. The lowest BCUT2D eigenvalue weighted by Crippen LogP contribution is -2.59. The van der Waals surface area contributed by atoms with Crippen molar-refractivity contribution in [1.82, 2.24) is 14.8 Å². The molecule has 8 nitrogen and oxygen atoms in total. The zero-order valence-electron chi connectivity index (χ0n) is 18.5. The first kappa shape index (κ1) is 22.0. The van der Waals surface area contributed by atoms with Gasteiger partial charge in [-0.15, -0.1) is 0 Å². The van der Waals surface area contributed by atoms with E-state index in [2.05, 4.69) is 9.88 Å². The van der Waals surface area contributed by atoms with Gasteiger partial charge in [-0.25, -0.2) is 0 Å². The van der Waals surface area contributed by atoms with Gasteiger partial charge in [0.25, 0.3) is 5.91 Å². The number of hydrogen-bond acceptors (Lipinski definition) is 6. The predicted octanol–water partition coefficient (Wildman–Crippen LogP) is 1.58. The third kappa shape index (κ3) is 4.41. The number of pyridine rings is 1. The fraction of sp³-hybridized carbons (Fsp3) is 0.696. The van der Waals surface area contributed by atoms with Crippen molar-refractivity contribution in [3.63, 3.8) is 0 Å². The number of aryl methyl sites for hydroxylation is 1. The molecule has 1 aromatic rings. The standard InChI is InChI=1S/C23H33N3O5/c1-3-31-22(29)23-6-4-19(25-8-10-30-11-9-25)14-18(23)5-7-26(15-23)21(28)17-12-16(2)24-20(27)13-17/h12-13,18-19H,3-11,14-15H2,1-2H3,(H,24,27)/t18-,19+,23-/m1/s1. The number of likely N-dealkylation sites (tertiary alicyclic amines) is 1. The lowest BCUT2D eigenvalue weighted by molar-refractivity contribution is -0.168. The van der Waals surface area contributed by atoms with Gasteiger partial charge in [0.05, 0.1) is 25.2 Å². The van der Waals surface area contributed by atoms with Gasteiger partial charge >= 0.3 is 5.97 Å². The molecular formula is C23H33N3O5. The van der Waals surface area contributed by atoms with Gasteiger partial charge in [-0.3, -0.25) is 19.3 Å². The number of H-pyrrole nitrogens is 1. The summed E-state index contributed by atoms with van der Waals surface area (Å²) in [6.07, 6.45) is 3.36. The molecule has 3 aliphatic rings. The van der Waals surface area contributed by atoms with E-state index in [9.17, 15) is 14.4 Å². The predicted molar refractivity (Wildman–Crippen MR) is 115 cm³/mol. The molecule has 3 fully saturated rings. The first-order valence-electron chi connectivity index (χ1n) is 11.4. The number of rotatable bonds is 4. The summed E-state index contributed by atoms with van der Waals surface area (Å²) in [6, 6.07) is 3.49. The van der Waals surface area contributed by atoms with E-state index in [4.69, 9.17) is 9.47 Å². The zero-order valence-corrected chi connectivity index (χ0v) is 18.5. The van der Waals surface area contributed by atoms with Crippen LogP contribution in [0.2, 0.25) is 0 Å². The number of carbonyl (C=O) groups excluding carboxylic acids is 2. The molecule has 0 spiro atoms. The van der Waals surface area contributed by atoms with Crippen molar-refractivity contribution >= 4 is 11.9 Å². The van der Waals surface area contributed by atoms with Crippen LogP contribution in [0.3, 0.4) is 0 Å². The van der Waals surface area contributed by atoms with E-state index in [-0.39, 0.29) is 23.4 Å². The molecule has 0 aromatic carbocycles. The van der Waals surface area contributed by atoms with Gasteiger partial charge in [0.1, 0.15) is 0 Å². The molecule has 2 aliphatic heterocycles. The van der Waals surface area contributed by atoms with Gasteiger partial charge in [0.2, 0.25) is 5.56 Å². The number of hydrogen-bond donors (Lipinski definition) is 1. The number of aromatic amines is 1. The largest absolute Gasteiger partial charge is 0.466 e. The average molecular weight is 432 g/mol. The summed E-state index contributed by atoms with van der Waals surface area (Å²) in [7, 11) is 0. The molecular weight excluding hydrogens is 398 g/mol. The van der Waals surface area contributed by atoms with Crippen LogP contribution in [0.15, 0.2) is 16.9 Å². The van der Waals surface area contributed by atoms with Crippen LogP contribution in [0.1, 0.15) is 48.7 Å². The number of fused-ring (bicyclic) bond motifs is 1. The molecule has 1 N–H and O–H groups in total. The van der Waals surface area contributed by atoms with E-state index in [0.717, 1.165) is 52.0 Å². The van der Waals surface area contributed by atoms with Crippen molar-refractivity contribution in [2.24, 2.45) is 11.3 Å². The number of nitrogens with zero attached hydrogens (tertiary/aromatic N) is 2. The highest BCUT2D eigenvalue weighted by molar-refractivity contribution is 5.95. The van der Waals surface area contributed by atoms with E-state index < -0.39 is 5.41 Å². The van der Waals surface area contributed by atoms with Crippen LogP contribution in [0.5, 0.6) is 0 Å². The van der Waals surface area contributed by atoms with Crippen LogP contribution in [0.25, 0.3) is 0 Å². The quantitative estimate of drug-likeness (QED) is 0.728. The minimum absolute atomic E-state index is 0.181. The van der Waals surface area contributed by atoms with Crippen molar-refractivity contribution in [1.29, 1.82) is 0 Å². The summed E-state index contributed by atoms with van der Waals surface area (Å²) >= 11 is 0. The molecule has 1 aromatic heterocycles. The van der Waals surface area contributed by atoms with E-state index >= 15 is 0 Å². The fourth-order valence-electron chi connectivity index (χ4n) is 5.68. The number of ether oxygens (including phenoxy) is 2. The van der Waals surface area contributed by atoms with Crippen molar-refractivity contribution < 1.29 is 19.1 Å². The minimum Gasteiger partial charge on any atom is -0.466 e. The van der Waals surface area contributed by atoms with Gasteiger partial charge in [-0.2, -0.15) is 0 Å². The lowest BCUT2D eigenvalue weighted by atomic mass is 9.61. The molecule has 4 rings (SSSR count). The summed E-state index contributed by atoms with van der Waals surface area (Å²) in [5, 5.41) is 0. The summed E-state index contributed by atoms with van der Waals surface area (Å²) in [6.45, 7) is 8.28. The van der Waals surface area contributed by atoms with Crippen LogP contribution in [-0.4, -0.2) is 78.7 Å². The zero-order chi connectivity index (χ0) is 22.0. The van der Waals surface area contributed by atoms with E-state index in [1.54, 1.807) is 17.9 Å². The topological polar surface area (TPSA) is 91.9 Å². The maximum absolute atomic E-state index is 13.2. The molecule has 0 radical (unpaired) electrons. The van der Waals surface area contributed by atoms with Crippen molar-refractivity contribution in [2.45, 2.75) is 45.6 Å². The Morgan fingerprint density at radius 1 is 1.23 bits per heavy atom. The number of aromatic nitrogens is 1. The van der Waals surface area contributed by atoms with Crippen LogP contribution < -0.4 is 5.56 Å². The maximum Gasteiger partial charge on any atom is 0.314 e. The van der Waals surface area contributed by atoms with Crippen LogP contribution in [-0.2, 0) is 14.3 Å². The smallest absolute Gasteiger partial charge is 0.314 e. The molecule has 3 heterocycles. The Balaban J connectivity index is 1.55. The molecule has 1 saturated carbocycles. The highest BCUT2D eigenvalue weighted by atomic mass is 16.5. The van der Waals surface area contributed by atoms with Crippen molar-refractivity contribution in [2.75, 3.05) is 46.0 Å². The molecule has 170 valence electrons. The molecule has 31 heavy (non-hydrogen) atoms. The minimum atomic E-state index is -0.664. The third-order valence-corrected chi connectivity index (χ3v) is 7.24. The van der Waals surface area contributed by atoms with Crippen LogP contribution >= 0.6 is 0 Å². The molecule has 2 saturated heterocycles. The first-order valence-corrected chi connectivity index (χ1v) is 11.4. The van der Waals surface area contributed by atoms with E-state index in [0.29, 0.717) is 37.0 Å². The first-order chi connectivity index (χ1) is 14.9. The molecule has 0 unspecified atom stereocenters. The Kier molecular flexibility index (Phi) is 6.48. The molecule has 3 atom stereocenters. The molecule has 1 amide bonds. The van der Waals surface area contributed by atoms with Gasteiger partial charge in [-0.05, 0) is 51.5 Å². The average Bonchev–Trinajstić information content (AvgIpc) is 2.78. The Bertz CT molecular complexity index is 878. The SMILES string of the molecule is CCOC(=O)[C@@]12CC[C@H](N3CCOCC3)C[C@H]1CCN(C(=O)c1cc(C)[nH]c(=O)c1)C2. The Labute approximate surface area is 182 Å². The monoisotopic (exact) mass is 431 g/mol. The van der Waals surface area contributed by atoms with E-state index in [1.807, 2.05) is 6.92 Å². The number of morpholine rings is 1. The second-order valence-electron chi connectivity index (χ2n) is 9.08. The van der Waals surface area contributed by atoms with Crippen LogP contribution in [0, 0.1) is 18.3 Å². The lowest BCUT2D eigenvalue weighted by Gasteiger charge is -2.52. The number of piperidine rings is 1. The molecule has 0 bridgehead atoms. The number of amides is 1. The van der Waals surface area contributed by atoms with Gasteiger partial charge in [0, 0.05) is 49.5 Å². The van der Waals surface area contributed by atoms with Gasteiger partial charge < -0.3 is 19.4 Å². The maximum atomic E-state index is 13.2. The highest BCUT2D eigenvalue weighted by Gasteiger charge is 2.54. The summed E-state index contributed by atoms with van der Waals surface area (Å²) in [5.41, 5.74) is 0.0742. The van der Waals surface area contributed by atoms with Crippen molar-refractivity contribution in [3.05, 3.63) is 33.7 Å². The Morgan fingerprint density at radius 3 is 2.71 bits per heavy atom. The normalized spacial score (nSPS) is 29.3. The van der Waals surface area contributed by atoms with Gasteiger partial charge in [-0.1, -0.05) is 0 Å².